The lowest BCUT2D eigenvalue weighted by molar-refractivity contribution is 0.0474. The molecule has 32 heavy (non-hydrogen) atoms. The van der Waals surface area contributed by atoms with Gasteiger partial charge in [-0.1, -0.05) is 24.3 Å². The van der Waals surface area contributed by atoms with Crippen molar-refractivity contribution in [1.82, 2.24) is 4.57 Å². The highest BCUT2D eigenvalue weighted by atomic mass is 16.5. The second-order valence-corrected chi connectivity index (χ2v) is 7.97. The zero-order valence-electron chi connectivity index (χ0n) is 18.4. The molecule has 0 spiro atoms. The number of ether oxygens (including phenoxy) is 3. The molecule has 1 aliphatic rings. The van der Waals surface area contributed by atoms with Gasteiger partial charge in [-0.05, 0) is 63.1 Å². The third-order valence-corrected chi connectivity index (χ3v) is 5.67. The quantitative estimate of drug-likeness (QED) is 0.365. The van der Waals surface area contributed by atoms with E-state index in [-0.39, 0.29) is 18.5 Å². The van der Waals surface area contributed by atoms with E-state index in [0.717, 1.165) is 37.4 Å². The highest BCUT2D eigenvalue weighted by molar-refractivity contribution is 6.00. The maximum Gasteiger partial charge on any atom is 0.338 e. The number of hydrogen-bond acceptors (Lipinski definition) is 5. The molecule has 166 valence electrons. The first-order valence-corrected chi connectivity index (χ1v) is 10.8. The highest BCUT2D eigenvalue weighted by Crippen LogP contribution is 2.23. The van der Waals surface area contributed by atoms with Crippen LogP contribution in [-0.2, 0) is 16.0 Å². The van der Waals surface area contributed by atoms with Crippen molar-refractivity contribution < 1.29 is 23.8 Å². The third kappa shape index (κ3) is 5.08. The van der Waals surface area contributed by atoms with Gasteiger partial charge in [0, 0.05) is 30.1 Å². The second kappa shape index (κ2) is 9.83. The topological polar surface area (TPSA) is 66.8 Å². The number of hydrogen-bond donors (Lipinski definition) is 0. The molecule has 1 aliphatic heterocycles. The Hall–Kier alpha value is -3.38. The van der Waals surface area contributed by atoms with Gasteiger partial charge in [0.25, 0.3) is 0 Å². The van der Waals surface area contributed by atoms with Crippen LogP contribution in [0, 0.1) is 13.8 Å². The number of esters is 1. The molecule has 1 fully saturated rings. The summed E-state index contributed by atoms with van der Waals surface area (Å²) in [7, 11) is 0. The zero-order valence-corrected chi connectivity index (χ0v) is 18.4. The molecule has 0 bridgehead atoms. The van der Waals surface area contributed by atoms with Gasteiger partial charge < -0.3 is 18.8 Å². The van der Waals surface area contributed by atoms with Crippen LogP contribution in [0.15, 0.2) is 60.7 Å². The maximum atomic E-state index is 12.8. The number of ketones is 1. The van der Waals surface area contributed by atoms with E-state index >= 15 is 0 Å². The lowest BCUT2D eigenvalue weighted by Crippen LogP contribution is -2.18. The number of carbonyl (C=O) groups is 2. The number of para-hydroxylation sites is 1. The fraction of sp³-hybridized carbons (Fsp3) is 0.308. The fourth-order valence-electron chi connectivity index (χ4n) is 3.96. The van der Waals surface area contributed by atoms with Crippen molar-refractivity contribution in [2.24, 2.45) is 0 Å². The number of nitrogens with zero attached hydrogens (tertiary/aromatic N) is 1. The second-order valence-electron chi connectivity index (χ2n) is 7.97. The monoisotopic (exact) mass is 433 g/mol. The summed E-state index contributed by atoms with van der Waals surface area (Å²) in [5.74, 6) is 0.410. The Morgan fingerprint density at radius 3 is 2.56 bits per heavy atom. The Morgan fingerprint density at radius 1 is 1.03 bits per heavy atom. The first-order chi connectivity index (χ1) is 15.5. The van der Waals surface area contributed by atoms with Gasteiger partial charge in [-0.2, -0.15) is 0 Å². The average Bonchev–Trinajstić information content (AvgIpc) is 3.42. The van der Waals surface area contributed by atoms with Crippen LogP contribution in [0.2, 0.25) is 0 Å². The average molecular weight is 434 g/mol. The summed E-state index contributed by atoms with van der Waals surface area (Å²) in [4.78, 5) is 25.3. The van der Waals surface area contributed by atoms with Gasteiger partial charge in [0.1, 0.15) is 11.5 Å². The van der Waals surface area contributed by atoms with Crippen LogP contribution in [0.1, 0.15) is 44.9 Å². The molecule has 1 atom stereocenters. The Kier molecular flexibility index (Phi) is 6.71. The molecule has 0 unspecified atom stereocenters. The molecule has 0 saturated carbocycles. The van der Waals surface area contributed by atoms with Gasteiger partial charge in [0.05, 0.1) is 11.7 Å². The molecule has 3 aromatic rings. The van der Waals surface area contributed by atoms with Gasteiger partial charge >= 0.3 is 5.97 Å². The first-order valence-electron chi connectivity index (χ1n) is 10.8. The molecule has 0 aliphatic carbocycles. The van der Waals surface area contributed by atoms with Crippen molar-refractivity contribution in [3.05, 3.63) is 83.2 Å². The van der Waals surface area contributed by atoms with E-state index in [1.54, 1.807) is 24.3 Å². The van der Waals surface area contributed by atoms with Crippen LogP contribution >= 0.6 is 0 Å². The Balaban J connectivity index is 1.38. The summed E-state index contributed by atoms with van der Waals surface area (Å²) in [5.41, 5.74) is 2.78. The molecule has 6 heteroatoms. The first kappa shape index (κ1) is 21.8. The summed E-state index contributed by atoms with van der Waals surface area (Å²) in [6.45, 7) is 5.11. The minimum atomic E-state index is -0.565. The number of aromatic nitrogens is 1. The van der Waals surface area contributed by atoms with Crippen LogP contribution in [0.25, 0.3) is 0 Å². The molecule has 6 nitrogen and oxygen atoms in total. The minimum absolute atomic E-state index is 0.186. The van der Waals surface area contributed by atoms with E-state index in [2.05, 4.69) is 4.57 Å². The van der Waals surface area contributed by atoms with Crippen LogP contribution in [0.3, 0.4) is 0 Å². The molecule has 2 heterocycles. The number of rotatable bonds is 8. The Bertz CT molecular complexity index is 1100. The van der Waals surface area contributed by atoms with Gasteiger partial charge in [0.2, 0.25) is 5.78 Å². The molecular weight excluding hydrogens is 406 g/mol. The summed E-state index contributed by atoms with van der Waals surface area (Å²) in [6.07, 6.45) is 2.29. The van der Waals surface area contributed by atoms with Crippen molar-refractivity contribution in [2.75, 3.05) is 13.2 Å². The molecular formula is C26H27NO5. The van der Waals surface area contributed by atoms with E-state index in [0.29, 0.717) is 22.6 Å². The fourth-order valence-corrected chi connectivity index (χ4v) is 3.96. The molecule has 2 aromatic carbocycles. The lowest BCUT2D eigenvalue weighted by atomic mass is 10.1. The van der Waals surface area contributed by atoms with Crippen molar-refractivity contribution in [3.63, 3.8) is 0 Å². The molecule has 1 aromatic heterocycles. The standard InChI is InChI=1S/C26H27NO5/c1-18-14-24(19(2)27(18)16-23-12-7-13-30-23)25(28)17-31-26(29)20-8-6-11-22(15-20)32-21-9-4-3-5-10-21/h3-6,8-11,14-15,23H,7,12-13,16-17H2,1-2H3/t23-/m0/s1. The summed E-state index contributed by atoms with van der Waals surface area (Å²) < 4.78 is 18.9. The molecule has 0 radical (unpaired) electrons. The van der Waals surface area contributed by atoms with E-state index in [4.69, 9.17) is 14.2 Å². The SMILES string of the molecule is Cc1cc(C(=O)COC(=O)c2cccc(Oc3ccccc3)c2)c(C)n1C[C@@H]1CCCO1. The van der Waals surface area contributed by atoms with Crippen molar-refractivity contribution in [1.29, 1.82) is 0 Å². The minimum Gasteiger partial charge on any atom is -0.457 e. The van der Waals surface area contributed by atoms with E-state index in [1.165, 1.54) is 0 Å². The van der Waals surface area contributed by atoms with Crippen LogP contribution in [-0.4, -0.2) is 35.6 Å². The number of Topliss-reactive ketones (excluding diaryl/α,β-unsaturated/α-hetero) is 1. The predicted molar refractivity (Wildman–Crippen MR) is 120 cm³/mol. The van der Waals surface area contributed by atoms with Crippen molar-refractivity contribution in [3.8, 4) is 11.5 Å². The largest absolute Gasteiger partial charge is 0.457 e. The van der Waals surface area contributed by atoms with Gasteiger partial charge in [-0.25, -0.2) is 4.79 Å². The molecule has 0 N–H and O–H groups in total. The highest BCUT2D eigenvalue weighted by Gasteiger charge is 2.22. The maximum absolute atomic E-state index is 12.8. The normalized spacial score (nSPS) is 15.5. The summed E-state index contributed by atoms with van der Waals surface area (Å²) >= 11 is 0. The van der Waals surface area contributed by atoms with Crippen molar-refractivity contribution >= 4 is 11.8 Å². The number of benzene rings is 2. The molecule has 4 rings (SSSR count). The van der Waals surface area contributed by atoms with E-state index in [9.17, 15) is 9.59 Å². The van der Waals surface area contributed by atoms with Gasteiger partial charge in [-0.3, -0.25) is 4.79 Å². The summed E-state index contributed by atoms with van der Waals surface area (Å²) in [6, 6.07) is 17.9. The van der Waals surface area contributed by atoms with Crippen LogP contribution in [0.5, 0.6) is 11.5 Å². The summed E-state index contributed by atoms with van der Waals surface area (Å²) in [5, 5.41) is 0. The third-order valence-electron chi connectivity index (χ3n) is 5.67. The number of carbonyl (C=O) groups excluding carboxylic acids is 2. The Labute approximate surface area is 187 Å². The van der Waals surface area contributed by atoms with Gasteiger partial charge in [0.15, 0.2) is 6.61 Å². The Morgan fingerprint density at radius 2 is 1.81 bits per heavy atom. The number of aryl methyl sites for hydroxylation is 1. The lowest BCUT2D eigenvalue weighted by Gasteiger charge is -2.14. The van der Waals surface area contributed by atoms with E-state index < -0.39 is 5.97 Å². The smallest absolute Gasteiger partial charge is 0.338 e. The predicted octanol–water partition coefficient (Wildman–Crippen LogP) is 5.12. The van der Waals surface area contributed by atoms with Crippen LogP contribution in [0.4, 0.5) is 0 Å². The molecule has 0 amide bonds. The van der Waals surface area contributed by atoms with Crippen molar-refractivity contribution in [2.45, 2.75) is 39.3 Å². The van der Waals surface area contributed by atoms with E-state index in [1.807, 2.05) is 50.2 Å². The molecule has 1 saturated heterocycles. The van der Waals surface area contributed by atoms with Crippen LogP contribution < -0.4 is 4.74 Å². The van der Waals surface area contributed by atoms with Gasteiger partial charge in [-0.15, -0.1) is 0 Å². The zero-order chi connectivity index (χ0) is 22.5.